The molecule has 0 amide bonds. The van der Waals surface area contributed by atoms with E-state index in [9.17, 15) is 4.79 Å². The zero-order valence-corrected chi connectivity index (χ0v) is 11.8. The summed E-state index contributed by atoms with van der Waals surface area (Å²) in [6, 6.07) is 19.2. The monoisotopic (exact) mass is 293 g/mol. The number of carboxylic acid groups (broad SMARTS) is 1. The summed E-state index contributed by atoms with van der Waals surface area (Å²) in [5, 5.41) is 8.92. The Morgan fingerprint density at radius 1 is 1.00 bits per heavy atom. The van der Waals surface area contributed by atoms with E-state index in [1.54, 1.807) is 12.3 Å². The van der Waals surface area contributed by atoms with Crippen molar-refractivity contribution < 1.29 is 14.6 Å². The molecule has 0 aliphatic carbocycles. The van der Waals surface area contributed by atoms with E-state index in [2.05, 4.69) is 4.98 Å². The first-order valence-electron chi connectivity index (χ1n) is 6.91. The first-order valence-corrected chi connectivity index (χ1v) is 6.91. The summed E-state index contributed by atoms with van der Waals surface area (Å²) in [6.07, 6.45) is 1.68. The summed E-state index contributed by atoms with van der Waals surface area (Å²) >= 11 is 0. The van der Waals surface area contributed by atoms with Gasteiger partial charge in [0.05, 0.1) is 0 Å². The summed E-state index contributed by atoms with van der Waals surface area (Å²) in [4.78, 5) is 13.6. The maximum atomic E-state index is 10.9. The van der Waals surface area contributed by atoms with Crippen molar-refractivity contribution in [3.63, 3.8) is 0 Å². The fraction of sp³-hybridized carbons (Fsp3) is 0.0556. The van der Waals surface area contributed by atoms with Gasteiger partial charge in [-0.3, -0.25) is 0 Å². The number of benzene rings is 2. The van der Waals surface area contributed by atoms with Gasteiger partial charge < -0.3 is 14.8 Å². The van der Waals surface area contributed by atoms with Gasteiger partial charge in [-0.1, -0.05) is 42.5 Å². The number of rotatable bonds is 5. The Labute approximate surface area is 128 Å². The minimum absolute atomic E-state index is 0.180. The van der Waals surface area contributed by atoms with Crippen molar-refractivity contribution in [1.82, 2.24) is 4.98 Å². The zero-order chi connectivity index (χ0) is 15.4. The molecule has 0 bridgehead atoms. The molecule has 0 radical (unpaired) electrons. The van der Waals surface area contributed by atoms with Crippen LogP contribution < -0.4 is 4.74 Å². The third-order valence-corrected chi connectivity index (χ3v) is 3.35. The molecule has 2 N–H and O–H groups in total. The number of aromatic carboxylic acids is 1. The Morgan fingerprint density at radius 2 is 1.73 bits per heavy atom. The number of aromatic amines is 1. The van der Waals surface area contributed by atoms with Gasteiger partial charge in [-0.25, -0.2) is 4.79 Å². The lowest BCUT2D eigenvalue weighted by atomic mass is 10.1. The van der Waals surface area contributed by atoms with Crippen LogP contribution in [0.25, 0.3) is 11.1 Å². The number of aromatic nitrogens is 1. The molecule has 4 heteroatoms. The highest BCUT2D eigenvalue weighted by Crippen LogP contribution is 2.23. The lowest BCUT2D eigenvalue weighted by Crippen LogP contribution is -1.94. The number of carbonyl (C=O) groups is 1. The molecule has 22 heavy (non-hydrogen) atoms. The maximum absolute atomic E-state index is 10.9. The molecule has 0 aliphatic rings. The quantitative estimate of drug-likeness (QED) is 0.748. The molecule has 0 saturated carbocycles. The summed E-state index contributed by atoms with van der Waals surface area (Å²) in [7, 11) is 0. The van der Waals surface area contributed by atoms with Gasteiger partial charge in [0.25, 0.3) is 0 Å². The minimum atomic E-state index is -0.964. The average molecular weight is 293 g/mol. The van der Waals surface area contributed by atoms with Gasteiger partial charge >= 0.3 is 5.97 Å². The Morgan fingerprint density at radius 3 is 2.36 bits per heavy atom. The Kier molecular flexibility index (Phi) is 3.92. The van der Waals surface area contributed by atoms with Crippen molar-refractivity contribution in [2.75, 3.05) is 0 Å². The predicted molar refractivity (Wildman–Crippen MR) is 84.0 cm³/mol. The summed E-state index contributed by atoms with van der Waals surface area (Å²) in [5.74, 6) is -0.185. The Balaban J connectivity index is 1.68. The molecule has 0 unspecified atom stereocenters. The smallest absolute Gasteiger partial charge is 0.352 e. The second-order valence-corrected chi connectivity index (χ2v) is 4.91. The Bertz CT molecular complexity index is 761. The van der Waals surface area contributed by atoms with Crippen LogP contribution in [0, 0.1) is 0 Å². The number of hydrogen-bond donors (Lipinski definition) is 2. The minimum Gasteiger partial charge on any atom is -0.489 e. The molecule has 4 nitrogen and oxygen atoms in total. The van der Waals surface area contributed by atoms with E-state index in [0.29, 0.717) is 6.61 Å². The van der Waals surface area contributed by atoms with Crippen molar-refractivity contribution in [1.29, 1.82) is 0 Å². The van der Waals surface area contributed by atoms with Gasteiger partial charge in [0.2, 0.25) is 0 Å². The van der Waals surface area contributed by atoms with Crippen LogP contribution in [0.3, 0.4) is 0 Å². The van der Waals surface area contributed by atoms with Crippen LogP contribution in [-0.4, -0.2) is 16.1 Å². The van der Waals surface area contributed by atoms with E-state index in [-0.39, 0.29) is 5.69 Å². The van der Waals surface area contributed by atoms with E-state index in [1.807, 2.05) is 54.6 Å². The van der Waals surface area contributed by atoms with Crippen LogP contribution in [0.1, 0.15) is 16.1 Å². The van der Waals surface area contributed by atoms with E-state index in [0.717, 1.165) is 22.4 Å². The van der Waals surface area contributed by atoms with Gasteiger partial charge in [-0.05, 0) is 34.9 Å². The predicted octanol–water partition coefficient (Wildman–Crippen LogP) is 3.96. The molecule has 0 atom stereocenters. The number of carboxylic acids is 1. The van der Waals surface area contributed by atoms with Crippen LogP contribution in [-0.2, 0) is 6.61 Å². The first-order chi connectivity index (χ1) is 10.7. The van der Waals surface area contributed by atoms with Crippen molar-refractivity contribution in [3.8, 4) is 16.9 Å². The molecule has 0 spiro atoms. The molecule has 0 saturated heterocycles. The van der Waals surface area contributed by atoms with Crippen LogP contribution >= 0.6 is 0 Å². The highest BCUT2D eigenvalue weighted by atomic mass is 16.5. The molecule has 0 fully saturated rings. The maximum Gasteiger partial charge on any atom is 0.352 e. The fourth-order valence-electron chi connectivity index (χ4n) is 2.17. The van der Waals surface area contributed by atoms with E-state index in [1.165, 1.54) is 0 Å². The lowest BCUT2D eigenvalue weighted by Gasteiger charge is -2.07. The van der Waals surface area contributed by atoms with Crippen LogP contribution in [0.5, 0.6) is 5.75 Å². The van der Waals surface area contributed by atoms with Crippen molar-refractivity contribution >= 4 is 5.97 Å². The summed E-state index contributed by atoms with van der Waals surface area (Å²) in [6.45, 7) is 0.521. The standard InChI is InChI=1S/C18H15NO3/c20-18(21)17-10-15(11-19-17)14-6-8-16(9-7-14)22-12-13-4-2-1-3-5-13/h1-11,19H,12H2,(H,20,21). The summed E-state index contributed by atoms with van der Waals surface area (Å²) < 4.78 is 5.72. The molecule has 2 aromatic carbocycles. The van der Waals surface area contributed by atoms with Crippen molar-refractivity contribution in [3.05, 3.63) is 78.1 Å². The van der Waals surface area contributed by atoms with Crippen LogP contribution in [0.2, 0.25) is 0 Å². The zero-order valence-electron chi connectivity index (χ0n) is 11.8. The Hall–Kier alpha value is -3.01. The van der Waals surface area contributed by atoms with Gasteiger partial charge in [0.15, 0.2) is 0 Å². The molecule has 110 valence electrons. The third-order valence-electron chi connectivity index (χ3n) is 3.35. The van der Waals surface area contributed by atoms with E-state index < -0.39 is 5.97 Å². The number of H-pyrrole nitrogens is 1. The number of ether oxygens (including phenoxy) is 1. The van der Waals surface area contributed by atoms with E-state index in [4.69, 9.17) is 9.84 Å². The average Bonchev–Trinajstić information content (AvgIpc) is 3.05. The molecule has 0 aliphatic heterocycles. The molecular formula is C18H15NO3. The largest absolute Gasteiger partial charge is 0.489 e. The van der Waals surface area contributed by atoms with Gasteiger partial charge in [-0.15, -0.1) is 0 Å². The van der Waals surface area contributed by atoms with Gasteiger partial charge in [0, 0.05) is 6.20 Å². The highest BCUT2D eigenvalue weighted by Gasteiger charge is 2.07. The SMILES string of the molecule is O=C(O)c1cc(-c2ccc(OCc3ccccc3)cc2)c[nH]1. The second kappa shape index (κ2) is 6.18. The fourth-order valence-corrected chi connectivity index (χ4v) is 2.17. The third kappa shape index (κ3) is 3.17. The van der Waals surface area contributed by atoms with Crippen LogP contribution in [0.15, 0.2) is 66.9 Å². The molecular weight excluding hydrogens is 278 g/mol. The number of hydrogen-bond acceptors (Lipinski definition) is 2. The summed E-state index contributed by atoms with van der Waals surface area (Å²) in [5.41, 5.74) is 3.07. The molecule has 1 aromatic heterocycles. The van der Waals surface area contributed by atoms with E-state index >= 15 is 0 Å². The second-order valence-electron chi connectivity index (χ2n) is 4.91. The topological polar surface area (TPSA) is 62.3 Å². The first kappa shape index (κ1) is 13.9. The molecule has 3 aromatic rings. The van der Waals surface area contributed by atoms with Crippen molar-refractivity contribution in [2.45, 2.75) is 6.61 Å². The van der Waals surface area contributed by atoms with Gasteiger partial charge in [-0.2, -0.15) is 0 Å². The lowest BCUT2D eigenvalue weighted by molar-refractivity contribution is 0.0691. The van der Waals surface area contributed by atoms with Crippen LogP contribution in [0.4, 0.5) is 0 Å². The van der Waals surface area contributed by atoms with Crippen molar-refractivity contribution in [2.24, 2.45) is 0 Å². The number of nitrogens with one attached hydrogen (secondary N) is 1. The molecule has 1 heterocycles. The van der Waals surface area contributed by atoms with Gasteiger partial charge in [0.1, 0.15) is 18.1 Å². The highest BCUT2D eigenvalue weighted by molar-refractivity contribution is 5.87. The normalized spacial score (nSPS) is 10.4. The molecule has 3 rings (SSSR count).